The Bertz CT molecular complexity index is 317. The van der Waals surface area contributed by atoms with Gasteiger partial charge in [-0.3, -0.25) is 0 Å². The molecule has 0 amide bonds. The molecule has 0 aliphatic rings. The van der Waals surface area contributed by atoms with Crippen molar-refractivity contribution < 1.29 is 5.11 Å². The number of aliphatic hydroxyl groups excluding tert-OH is 1. The van der Waals surface area contributed by atoms with Crippen LogP contribution in [0.4, 0.5) is 0 Å². The molecular formula is C14H23NOS. The Kier molecular flexibility index (Phi) is 6.03. The van der Waals surface area contributed by atoms with Crippen LogP contribution in [-0.4, -0.2) is 23.2 Å². The van der Waals surface area contributed by atoms with Gasteiger partial charge in [0, 0.05) is 5.75 Å². The van der Waals surface area contributed by atoms with Gasteiger partial charge in [0.25, 0.3) is 0 Å². The lowest BCUT2D eigenvalue weighted by atomic mass is 9.94. The van der Waals surface area contributed by atoms with E-state index in [4.69, 9.17) is 5.73 Å². The predicted octanol–water partition coefficient (Wildman–Crippen LogP) is 2.61. The van der Waals surface area contributed by atoms with Gasteiger partial charge in [-0.05, 0) is 17.2 Å². The van der Waals surface area contributed by atoms with Gasteiger partial charge in [-0.25, -0.2) is 0 Å². The van der Waals surface area contributed by atoms with Gasteiger partial charge in [0.15, 0.2) is 0 Å². The van der Waals surface area contributed by atoms with Crippen molar-refractivity contribution >= 4 is 11.8 Å². The zero-order valence-electron chi connectivity index (χ0n) is 10.7. The third-order valence-corrected chi connectivity index (χ3v) is 4.61. The van der Waals surface area contributed by atoms with Crippen LogP contribution < -0.4 is 5.73 Å². The minimum atomic E-state index is -0.612. The fourth-order valence-corrected chi connectivity index (χ4v) is 2.93. The Hall–Kier alpha value is -0.510. The smallest absolute Gasteiger partial charge is 0.0735 e. The molecule has 0 spiro atoms. The fourth-order valence-electron chi connectivity index (χ4n) is 1.55. The van der Waals surface area contributed by atoms with E-state index >= 15 is 0 Å². The lowest BCUT2D eigenvalue weighted by Crippen LogP contribution is -2.43. The average molecular weight is 253 g/mol. The van der Waals surface area contributed by atoms with E-state index in [1.54, 1.807) is 0 Å². The van der Waals surface area contributed by atoms with Crippen molar-refractivity contribution in [1.82, 2.24) is 0 Å². The highest BCUT2D eigenvalue weighted by Gasteiger charge is 2.26. The number of thioether (sulfide) groups is 1. The number of aliphatic hydroxyl groups is 1. The van der Waals surface area contributed by atoms with Gasteiger partial charge in [0.2, 0.25) is 0 Å². The van der Waals surface area contributed by atoms with Crippen LogP contribution in [-0.2, 0) is 5.54 Å². The molecule has 0 saturated carbocycles. The van der Waals surface area contributed by atoms with E-state index in [1.165, 1.54) is 6.42 Å². The number of hydrogen-bond donors (Lipinski definition) is 2. The Morgan fingerprint density at radius 1 is 1.35 bits per heavy atom. The average Bonchev–Trinajstić information content (AvgIpc) is 2.39. The van der Waals surface area contributed by atoms with E-state index in [9.17, 15) is 5.11 Å². The van der Waals surface area contributed by atoms with Crippen LogP contribution in [0.25, 0.3) is 0 Å². The van der Waals surface area contributed by atoms with Crippen molar-refractivity contribution in [2.24, 2.45) is 11.7 Å². The van der Waals surface area contributed by atoms with Crippen molar-refractivity contribution in [3.05, 3.63) is 35.9 Å². The number of benzene rings is 1. The zero-order chi connectivity index (χ0) is 12.7. The van der Waals surface area contributed by atoms with E-state index in [0.717, 1.165) is 17.1 Å². The van der Waals surface area contributed by atoms with Crippen molar-refractivity contribution in [2.75, 3.05) is 18.1 Å². The van der Waals surface area contributed by atoms with E-state index in [2.05, 4.69) is 13.8 Å². The van der Waals surface area contributed by atoms with Crippen molar-refractivity contribution in [3.8, 4) is 0 Å². The molecule has 2 atom stereocenters. The number of hydrogen-bond acceptors (Lipinski definition) is 3. The molecule has 2 unspecified atom stereocenters. The van der Waals surface area contributed by atoms with Crippen LogP contribution >= 0.6 is 11.8 Å². The van der Waals surface area contributed by atoms with Crippen LogP contribution in [0.2, 0.25) is 0 Å². The first-order valence-electron chi connectivity index (χ1n) is 6.15. The molecule has 0 aliphatic carbocycles. The third-order valence-electron chi connectivity index (χ3n) is 3.09. The molecule has 0 bridgehead atoms. The molecule has 0 aliphatic heterocycles. The third kappa shape index (κ3) is 4.34. The summed E-state index contributed by atoms with van der Waals surface area (Å²) in [5.41, 5.74) is 6.68. The van der Waals surface area contributed by atoms with Gasteiger partial charge in [-0.15, -0.1) is 0 Å². The fraction of sp³-hybridized carbons (Fsp3) is 0.571. The normalized spacial score (nSPS) is 16.5. The summed E-state index contributed by atoms with van der Waals surface area (Å²) < 4.78 is 0. The molecule has 1 aromatic rings. The van der Waals surface area contributed by atoms with Crippen LogP contribution in [0.3, 0.4) is 0 Å². The summed E-state index contributed by atoms with van der Waals surface area (Å²) in [6.07, 6.45) is 1.19. The Morgan fingerprint density at radius 2 is 2.00 bits per heavy atom. The van der Waals surface area contributed by atoms with Gasteiger partial charge >= 0.3 is 0 Å². The highest BCUT2D eigenvalue weighted by molar-refractivity contribution is 7.99. The number of rotatable bonds is 7. The lowest BCUT2D eigenvalue weighted by molar-refractivity contribution is 0.213. The van der Waals surface area contributed by atoms with Crippen molar-refractivity contribution in [1.29, 1.82) is 0 Å². The molecule has 0 heterocycles. The second-order valence-electron chi connectivity index (χ2n) is 4.71. The molecule has 17 heavy (non-hydrogen) atoms. The second kappa shape index (κ2) is 7.04. The zero-order valence-corrected chi connectivity index (χ0v) is 11.5. The minimum absolute atomic E-state index is 0.00941. The largest absolute Gasteiger partial charge is 0.394 e. The molecule has 2 nitrogen and oxygen atoms in total. The summed E-state index contributed by atoms with van der Waals surface area (Å²) in [4.78, 5) is 0. The van der Waals surface area contributed by atoms with Gasteiger partial charge < -0.3 is 10.8 Å². The second-order valence-corrected chi connectivity index (χ2v) is 5.74. The topological polar surface area (TPSA) is 46.2 Å². The van der Waals surface area contributed by atoms with Crippen LogP contribution in [0.15, 0.2) is 30.3 Å². The van der Waals surface area contributed by atoms with Gasteiger partial charge in [0.05, 0.1) is 12.1 Å². The molecular weight excluding hydrogens is 230 g/mol. The monoisotopic (exact) mass is 253 g/mol. The van der Waals surface area contributed by atoms with Gasteiger partial charge in [-0.2, -0.15) is 11.8 Å². The first kappa shape index (κ1) is 14.6. The summed E-state index contributed by atoms with van der Waals surface area (Å²) in [7, 11) is 0. The Balaban J connectivity index is 2.57. The summed E-state index contributed by atoms with van der Waals surface area (Å²) in [5, 5.41) is 9.52. The van der Waals surface area contributed by atoms with Gasteiger partial charge in [0.1, 0.15) is 0 Å². The summed E-state index contributed by atoms with van der Waals surface area (Å²) in [6, 6.07) is 9.87. The molecule has 96 valence electrons. The Morgan fingerprint density at radius 3 is 2.53 bits per heavy atom. The van der Waals surface area contributed by atoms with Crippen LogP contribution in [0.1, 0.15) is 25.8 Å². The van der Waals surface area contributed by atoms with Crippen molar-refractivity contribution in [2.45, 2.75) is 25.8 Å². The van der Waals surface area contributed by atoms with Gasteiger partial charge in [-0.1, -0.05) is 50.6 Å². The van der Waals surface area contributed by atoms with Crippen molar-refractivity contribution in [3.63, 3.8) is 0 Å². The first-order chi connectivity index (χ1) is 8.12. The molecule has 1 rings (SSSR count). The highest BCUT2D eigenvalue weighted by Crippen LogP contribution is 2.24. The summed E-state index contributed by atoms with van der Waals surface area (Å²) in [5.74, 6) is 2.57. The minimum Gasteiger partial charge on any atom is -0.394 e. The maximum atomic E-state index is 9.52. The molecule has 1 aromatic carbocycles. The van der Waals surface area contributed by atoms with E-state index in [0.29, 0.717) is 5.92 Å². The molecule has 0 fully saturated rings. The molecule has 0 radical (unpaired) electrons. The van der Waals surface area contributed by atoms with Crippen LogP contribution in [0.5, 0.6) is 0 Å². The molecule has 3 N–H and O–H groups in total. The summed E-state index contributed by atoms with van der Waals surface area (Å²) in [6.45, 7) is 4.43. The SMILES string of the molecule is CCC(C)CSCC(N)(CO)c1ccccc1. The lowest BCUT2D eigenvalue weighted by Gasteiger charge is -2.28. The highest BCUT2D eigenvalue weighted by atomic mass is 32.2. The maximum Gasteiger partial charge on any atom is 0.0735 e. The predicted molar refractivity (Wildman–Crippen MR) is 76.2 cm³/mol. The number of nitrogens with two attached hydrogens (primary N) is 1. The maximum absolute atomic E-state index is 9.52. The molecule has 3 heteroatoms. The standard InChI is InChI=1S/C14H23NOS/c1-3-12(2)9-17-11-14(15,10-16)13-7-5-4-6-8-13/h4-8,12,16H,3,9-11,15H2,1-2H3. The first-order valence-corrected chi connectivity index (χ1v) is 7.31. The van der Waals surface area contributed by atoms with E-state index in [1.807, 2.05) is 42.1 Å². The quantitative estimate of drug-likeness (QED) is 0.785. The van der Waals surface area contributed by atoms with Crippen LogP contribution in [0, 0.1) is 5.92 Å². The summed E-state index contributed by atoms with van der Waals surface area (Å²) >= 11 is 1.83. The Labute approximate surface area is 109 Å². The molecule has 0 saturated heterocycles. The van der Waals surface area contributed by atoms with E-state index < -0.39 is 5.54 Å². The van der Waals surface area contributed by atoms with E-state index in [-0.39, 0.29) is 6.61 Å². The molecule has 0 aromatic heterocycles.